The maximum Gasteiger partial charge on any atom is 0.330 e. The van der Waals surface area contributed by atoms with Gasteiger partial charge in [0.2, 0.25) is 0 Å². The van der Waals surface area contributed by atoms with Crippen LogP contribution in [0.2, 0.25) is 0 Å². The third-order valence-corrected chi connectivity index (χ3v) is 4.75. The number of hydrogen-bond donors (Lipinski definition) is 1. The zero-order chi connectivity index (χ0) is 20.3. The molecule has 0 bridgehead atoms. The SMILES string of the molecule is C=CC(=O)OC(CO)COc1c2ccccc2cc2cc(C(C)(C)C)ccc12. The maximum absolute atomic E-state index is 11.4. The number of fused-ring (bicyclic) bond motifs is 2. The van der Waals surface area contributed by atoms with Gasteiger partial charge in [-0.25, -0.2) is 4.79 Å². The number of rotatable bonds is 6. The van der Waals surface area contributed by atoms with Gasteiger partial charge in [0.25, 0.3) is 0 Å². The van der Waals surface area contributed by atoms with Crippen LogP contribution in [0.4, 0.5) is 0 Å². The normalized spacial score (nSPS) is 12.7. The molecule has 0 spiro atoms. The molecule has 4 heteroatoms. The number of benzene rings is 3. The third-order valence-electron chi connectivity index (χ3n) is 4.75. The minimum absolute atomic E-state index is 0.0434. The van der Waals surface area contributed by atoms with Crippen LogP contribution in [0, 0.1) is 0 Å². The fraction of sp³-hybridized carbons (Fsp3) is 0.292. The second-order valence-corrected chi connectivity index (χ2v) is 7.87. The quantitative estimate of drug-likeness (QED) is 0.382. The van der Waals surface area contributed by atoms with Gasteiger partial charge in [0, 0.05) is 16.8 Å². The fourth-order valence-electron chi connectivity index (χ4n) is 3.17. The van der Waals surface area contributed by atoms with Crippen molar-refractivity contribution in [3.8, 4) is 5.75 Å². The van der Waals surface area contributed by atoms with Crippen molar-refractivity contribution in [1.82, 2.24) is 0 Å². The van der Waals surface area contributed by atoms with Crippen LogP contribution < -0.4 is 4.74 Å². The number of esters is 1. The van der Waals surface area contributed by atoms with E-state index < -0.39 is 12.1 Å². The Morgan fingerprint density at radius 1 is 1.11 bits per heavy atom. The topological polar surface area (TPSA) is 55.8 Å². The lowest BCUT2D eigenvalue weighted by atomic mass is 9.85. The summed E-state index contributed by atoms with van der Waals surface area (Å²) < 4.78 is 11.2. The number of hydrogen-bond acceptors (Lipinski definition) is 4. The summed E-state index contributed by atoms with van der Waals surface area (Å²) in [5, 5.41) is 13.6. The monoisotopic (exact) mass is 378 g/mol. The van der Waals surface area contributed by atoms with Crippen molar-refractivity contribution in [2.75, 3.05) is 13.2 Å². The van der Waals surface area contributed by atoms with Crippen molar-refractivity contribution in [1.29, 1.82) is 0 Å². The Hall–Kier alpha value is -2.85. The van der Waals surface area contributed by atoms with E-state index >= 15 is 0 Å². The molecule has 0 aliphatic carbocycles. The van der Waals surface area contributed by atoms with E-state index in [1.165, 1.54) is 5.56 Å². The zero-order valence-corrected chi connectivity index (χ0v) is 16.6. The van der Waals surface area contributed by atoms with Gasteiger partial charge < -0.3 is 14.6 Å². The summed E-state index contributed by atoms with van der Waals surface area (Å²) in [4.78, 5) is 11.4. The average Bonchev–Trinajstić information content (AvgIpc) is 2.68. The number of carbonyl (C=O) groups is 1. The molecule has 28 heavy (non-hydrogen) atoms. The molecule has 0 fully saturated rings. The summed E-state index contributed by atoms with van der Waals surface area (Å²) in [5.74, 6) is 0.141. The van der Waals surface area contributed by atoms with Gasteiger partial charge in [-0.2, -0.15) is 0 Å². The minimum Gasteiger partial charge on any atom is -0.488 e. The molecule has 0 aliphatic heterocycles. The van der Waals surface area contributed by atoms with Gasteiger partial charge in [-0.3, -0.25) is 0 Å². The second kappa shape index (κ2) is 8.03. The first-order valence-corrected chi connectivity index (χ1v) is 9.36. The summed E-state index contributed by atoms with van der Waals surface area (Å²) in [5.41, 5.74) is 1.29. The van der Waals surface area contributed by atoms with Gasteiger partial charge in [0.1, 0.15) is 12.4 Å². The first kappa shape index (κ1) is 19.9. The van der Waals surface area contributed by atoms with E-state index in [1.54, 1.807) is 0 Å². The van der Waals surface area contributed by atoms with Crippen LogP contribution in [0.1, 0.15) is 26.3 Å². The van der Waals surface area contributed by atoms with E-state index in [4.69, 9.17) is 9.47 Å². The molecule has 1 atom stereocenters. The van der Waals surface area contributed by atoms with Crippen LogP contribution in [-0.4, -0.2) is 30.4 Å². The molecular formula is C24H26O4. The van der Waals surface area contributed by atoms with Crippen molar-refractivity contribution in [3.63, 3.8) is 0 Å². The van der Waals surface area contributed by atoms with Crippen LogP contribution in [0.3, 0.4) is 0 Å². The highest BCUT2D eigenvalue weighted by Crippen LogP contribution is 2.37. The van der Waals surface area contributed by atoms with E-state index in [0.29, 0.717) is 0 Å². The van der Waals surface area contributed by atoms with Crippen molar-refractivity contribution in [2.45, 2.75) is 32.3 Å². The second-order valence-electron chi connectivity index (χ2n) is 7.87. The van der Waals surface area contributed by atoms with E-state index in [-0.39, 0.29) is 18.6 Å². The van der Waals surface area contributed by atoms with Gasteiger partial charge in [-0.05, 0) is 27.8 Å². The molecule has 1 unspecified atom stereocenters. The Labute approximate surface area is 165 Å². The molecule has 0 saturated heterocycles. The third kappa shape index (κ3) is 4.18. The lowest BCUT2D eigenvalue weighted by molar-refractivity contribution is -0.146. The zero-order valence-electron chi connectivity index (χ0n) is 16.6. The minimum atomic E-state index is -0.756. The van der Waals surface area contributed by atoms with Gasteiger partial charge in [-0.15, -0.1) is 0 Å². The number of aliphatic hydroxyl groups excluding tert-OH is 1. The maximum atomic E-state index is 11.4. The van der Waals surface area contributed by atoms with E-state index in [2.05, 4.69) is 51.6 Å². The lowest BCUT2D eigenvalue weighted by Crippen LogP contribution is -2.27. The number of carbonyl (C=O) groups excluding carboxylic acids is 1. The van der Waals surface area contributed by atoms with Gasteiger partial charge in [0.15, 0.2) is 6.10 Å². The van der Waals surface area contributed by atoms with Crippen molar-refractivity contribution >= 4 is 27.5 Å². The molecule has 0 saturated carbocycles. The van der Waals surface area contributed by atoms with Crippen molar-refractivity contribution in [3.05, 3.63) is 66.7 Å². The van der Waals surface area contributed by atoms with E-state index in [1.807, 2.05) is 24.3 Å². The fourth-order valence-corrected chi connectivity index (χ4v) is 3.17. The highest BCUT2D eigenvalue weighted by atomic mass is 16.6. The molecular weight excluding hydrogens is 352 g/mol. The van der Waals surface area contributed by atoms with Gasteiger partial charge in [-0.1, -0.05) is 69.8 Å². The Bertz CT molecular complexity index is 1010. The number of ether oxygens (including phenoxy) is 2. The number of aliphatic hydroxyl groups is 1. The lowest BCUT2D eigenvalue weighted by Gasteiger charge is -2.21. The molecule has 0 heterocycles. The van der Waals surface area contributed by atoms with Crippen LogP contribution >= 0.6 is 0 Å². The van der Waals surface area contributed by atoms with E-state index in [9.17, 15) is 9.90 Å². The Morgan fingerprint density at radius 2 is 1.82 bits per heavy atom. The molecule has 3 aromatic carbocycles. The van der Waals surface area contributed by atoms with Crippen LogP contribution in [0.15, 0.2) is 61.2 Å². The van der Waals surface area contributed by atoms with Gasteiger partial charge >= 0.3 is 5.97 Å². The molecule has 3 rings (SSSR count). The first-order chi connectivity index (χ1) is 13.3. The first-order valence-electron chi connectivity index (χ1n) is 9.36. The average molecular weight is 378 g/mol. The van der Waals surface area contributed by atoms with Crippen molar-refractivity contribution < 1.29 is 19.4 Å². The molecule has 0 aliphatic rings. The predicted octanol–water partition coefficient (Wildman–Crippen LogP) is 4.76. The standard InChI is InChI=1S/C24H26O4/c1-5-22(26)28-19(14-25)15-27-23-20-9-7-6-8-16(20)12-17-13-18(24(2,3)4)10-11-21(17)23/h5-13,19,25H,1,14-15H2,2-4H3. The summed E-state index contributed by atoms with van der Waals surface area (Å²) in [6.45, 7) is 9.67. The summed E-state index contributed by atoms with van der Waals surface area (Å²) in [6, 6.07) is 16.6. The van der Waals surface area contributed by atoms with Crippen molar-refractivity contribution in [2.24, 2.45) is 0 Å². The summed E-state index contributed by atoms with van der Waals surface area (Å²) in [6.07, 6.45) is 0.317. The molecule has 0 aromatic heterocycles. The van der Waals surface area contributed by atoms with Crippen LogP contribution in [0.5, 0.6) is 5.75 Å². The Morgan fingerprint density at radius 3 is 2.50 bits per heavy atom. The van der Waals surface area contributed by atoms with Crippen LogP contribution in [0.25, 0.3) is 21.5 Å². The molecule has 1 N–H and O–H groups in total. The Kier molecular flexibility index (Phi) is 5.71. The largest absolute Gasteiger partial charge is 0.488 e. The molecule has 146 valence electrons. The van der Waals surface area contributed by atoms with Crippen LogP contribution in [-0.2, 0) is 14.9 Å². The smallest absolute Gasteiger partial charge is 0.330 e. The Balaban J connectivity index is 2.05. The summed E-state index contributed by atoms with van der Waals surface area (Å²) >= 11 is 0. The van der Waals surface area contributed by atoms with E-state index in [0.717, 1.165) is 33.4 Å². The molecule has 4 nitrogen and oxygen atoms in total. The highest BCUT2D eigenvalue weighted by molar-refractivity contribution is 6.05. The van der Waals surface area contributed by atoms with Gasteiger partial charge in [0.05, 0.1) is 6.61 Å². The predicted molar refractivity (Wildman–Crippen MR) is 113 cm³/mol. The summed E-state index contributed by atoms with van der Waals surface area (Å²) in [7, 11) is 0. The molecule has 0 amide bonds. The highest BCUT2D eigenvalue weighted by Gasteiger charge is 2.18. The molecule has 0 radical (unpaired) electrons. The molecule has 3 aromatic rings.